The van der Waals surface area contributed by atoms with E-state index in [0.29, 0.717) is 29.8 Å². The quantitative estimate of drug-likeness (QED) is 0.719. The highest BCUT2D eigenvalue weighted by atomic mass is 19.1. The van der Waals surface area contributed by atoms with Crippen LogP contribution in [0.3, 0.4) is 0 Å². The summed E-state index contributed by atoms with van der Waals surface area (Å²) in [5, 5.41) is 3.36. The SMILES string of the molecule is NC/C(=C\F)COc1ccc(C23CCC(C(=O)NC4[C@H]5COC[C@@H]45)(CC2)CC3)cc1. The Kier molecular flexibility index (Phi) is 5.10. The monoisotopic (exact) mass is 414 g/mol. The number of hydrogen-bond donors (Lipinski definition) is 2. The summed E-state index contributed by atoms with van der Waals surface area (Å²) in [5.74, 6) is 2.12. The van der Waals surface area contributed by atoms with Crippen molar-refractivity contribution < 1.29 is 18.7 Å². The first-order chi connectivity index (χ1) is 14.6. The first-order valence-electron chi connectivity index (χ1n) is 11.2. The van der Waals surface area contributed by atoms with Gasteiger partial charge in [-0.15, -0.1) is 0 Å². The minimum absolute atomic E-state index is 0.156. The third-order valence-corrected chi connectivity index (χ3v) is 8.29. The Morgan fingerprint density at radius 2 is 1.77 bits per heavy atom. The van der Waals surface area contributed by atoms with E-state index in [1.807, 2.05) is 12.1 Å². The molecule has 0 radical (unpaired) electrons. The van der Waals surface area contributed by atoms with Crippen LogP contribution < -0.4 is 15.8 Å². The highest BCUT2D eigenvalue weighted by Crippen LogP contribution is 2.58. The minimum atomic E-state index is -0.167. The normalized spacial score (nSPS) is 37.0. The molecule has 1 amide bonds. The average molecular weight is 415 g/mol. The van der Waals surface area contributed by atoms with Crippen molar-refractivity contribution in [2.24, 2.45) is 23.0 Å². The molecule has 1 aromatic rings. The summed E-state index contributed by atoms with van der Waals surface area (Å²) in [4.78, 5) is 13.1. The van der Waals surface area contributed by atoms with E-state index >= 15 is 0 Å². The third kappa shape index (κ3) is 3.34. The number of nitrogens with two attached hydrogens (primary N) is 1. The Morgan fingerprint density at radius 1 is 1.13 bits per heavy atom. The van der Waals surface area contributed by atoms with E-state index in [1.165, 1.54) is 5.56 Å². The van der Waals surface area contributed by atoms with Crippen LogP contribution in [0.2, 0.25) is 0 Å². The van der Waals surface area contributed by atoms with Gasteiger partial charge in [0.25, 0.3) is 0 Å². The second kappa shape index (κ2) is 7.65. The molecule has 6 heteroatoms. The molecule has 1 saturated heterocycles. The molecule has 5 fully saturated rings. The molecule has 1 unspecified atom stereocenters. The molecule has 0 aromatic heterocycles. The van der Waals surface area contributed by atoms with Crippen LogP contribution in [0.1, 0.15) is 44.1 Å². The van der Waals surface area contributed by atoms with Crippen molar-refractivity contribution in [3.8, 4) is 5.75 Å². The maximum atomic E-state index is 13.1. The molecular formula is C24H31FN2O3. The van der Waals surface area contributed by atoms with Gasteiger partial charge in [-0.2, -0.15) is 0 Å². The van der Waals surface area contributed by atoms with E-state index < -0.39 is 0 Å². The molecule has 6 rings (SSSR count). The van der Waals surface area contributed by atoms with Gasteiger partial charge in [0.05, 0.1) is 19.5 Å². The number of fused-ring (bicyclic) bond motifs is 4. The number of nitrogens with one attached hydrogen (secondary N) is 1. The molecule has 5 aliphatic rings. The van der Waals surface area contributed by atoms with Gasteiger partial charge in [-0.05, 0) is 61.6 Å². The maximum absolute atomic E-state index is 13.1. The van der Waals surface area contributed by atoms with E-state index in [1.54, 1.807) is 0 Å². The Hall–Kier alpha value is -1.92. The number of amides is 1. The Labute approximate surface area is 177 Å². The summed E-state index contributed by atoms with van der Waals surface area (Å²) in [6, 6.07) is 8.57. The predicted molar refractivity (Wildman–Crippen MR) is 112 cm³/mol. The van der Waals surface area contributed by atoms with Gasteiger partial charge in [0.1, 0.15) is 12.4 Å². The van der Waals surface area contributed by atoms with Crippen LogP contribution in [0.5, 0.6) is 5.75 Å². The highest BCUT2D eigenvalue weighted by molar-refractivity contribution is 5.84. The van der Waals surface area contributed by atoms with Crippen molar-refractivity contribution in [1.29, 1.82) is 0 Å². The zero-order chi connectivity index (χ0) is 20.8. The fourth-order valence-corrected chi connectivity index (χ4v) is 5.93. The zero-order valence-electron chi connectivity index (χ0n) is 17.4. The second-order valence-electron chi connectivity index (χ2n) is 9.71. The molecular weight excluding hydrogens is 383 g/mol. The van der Waals surface area contributed by atoms with Gasteiger partial charge in [0.15, 0.2) is 0 Å². The summed E-state index contributed by atoms with van der Waals surface area (Å²) in [6.45, 7) is 1.94. The Balaban J connectivity index is 1.19. The molecule has 3 N–H and O–H groups in total. The fraction of sp³-hybridized carbons (Fsp3) is 0.625. The van der Waals surface area contributed by atoms with Gasteiger partial charge in [0, 0.05) is 35.4 Å². The average Bonchev–Trinajstić information content (AvgIpc) is 3.21. The summed E-state index contributed by atoms with van der Waals surface area (Å²) < 4.78 is 23.7. The molecule has 2 bridgehead atoms. The first-order valence-corrected chi connectivity index (χ1v) is 11.2. The third-order valence-electron chi connectivity index (χ3n) is 8.29. The number of carbonyl (C=O) groups is 1. The summed E-state index contributed by atoms with van der Waals surface area (Å²) >= 11 is 0. The largest absolute Gasteiger partial charge is 0.489 e. The summed E-state index contributed by atoms with van der Waals surface area (Å²) in [5.41, 5.74) is 7.25. The summed E-state index contributed by atoms with van der Waals surface area (Å²) in [7, 11) is 0. The molecule has 4 saturated carbocycles. The number of halogens is 1. The van der Waals surface area contributed by atoms with Gasteiger partial charge in [-0.3, -0.25) is 4.79 Å². The van der Waals surface area contributed by atoms with Crippen LogP contribution in [0, 0.1) is 17.3 Å². The molecule has 3 atom stereocenters. The standard InChI is InChI=1S/C24H31FN2O3/c25-11-16(12-26)13-30-18-3-1-17(2-4-18)23-5-8-24(9-6-23,10-7-23)22(28)27-21-19-14-29-15-20(19)21/h1-4,11,19-21H,5-10,12-15,26H2,(H,27,28)/b16-11+/t19-,20+,21?,23?,24?. The fourth-order valence-electron chi connectivity index (χ4n) is 5.93. The van der Waals surface area contributed by atoms with Crippen molar-refractivity contribution in [2.75, 3.05) is 26.4 Å². The van der Waals surface area contributed by atoms with E-state index in [9.17, 15) is 9.18 Å². The van der Waals surface area contributed by atoms with E-state index in [0.717, 1.165) is 57.5 Å². The molecule has 1 aliphatic heterocycles. The number of carbonyl (C=O) groups excluding carboxylic acids is 1. The highest BCUT2D eigenvalue weighted by Gasteiger charge is 2.58. The van der Waals surface area contributed by atoms with Gasteiger partial charge >= 0.3 is 0 Å². The lowest BCUT2D eigenvalue weighted by Crippen LogP contribution is -2.52. The summed E-state index contributed by atoms with van der Waals surface area (Å²) in [6.07, 6.45) is 6.60. The van der Waals surface area contributed by atoms with Crippen molar-refractivity contribution in [3.63, 3.8) is 0 Å². The second-order valence-corrected chi connectivity index (χ2v) is 9.71. The van der Waals surface area contributed by atoms with Crippen LogP contribution in [-0.4, -0.2) is 38.3 Å². The number of benzene rings is 1. The van der Waals surface area contributed by atoms with Crippen LogP contribution in [0.4, 0.5) is 4.39 Å². The van der Waals surface area contributed by atoms with Crippen molar-refractivity contribution in [2.45, 2.75) is 50.0 Å². The van der Waals surface area contributed by atoms with Crippen molar-refractivity contribution in [1.82, 2.24) is 5.32 Å². The first kappa shape index (κ1) is 20.0. The number of hydrogen-bond acceptors (Lipinski definition) is 4. The van der Waals surface area contributed by atoms with Gasteiger partial charge in [0.2, 0.25) is 5.91 Å². The van der Waals surface area contributed by atoms with Gasteiger partial charge < -0.3 is 20.5 Å². The molecule has 30 heavy (non-hydrogen) atoms. The lowest BCUT2D eigenvalue weighted by Gasteiger charge is -2.53. The predicted octanol–water partition coefficient (Wildman–Crippen LogP) is 3.23. The lowest BCUT2D eigenvalue weighted by molar-refractivity contribution is -0.138. The Morgan fingerprint density at radius 3 is 2.33 bits per heavy atom. The molecule has 1 heterocycles. The number of rotatable bonds is 7. The zero-order valence-corrected chi connectivity index (χ0v) is 17.4. The van der Waals surface area contributed by atoms with Crippen molar-refractivity contribution in [3.05, 3.63) is 41.7 Å². The molecule has 5 nitrogen and oxygen atoms in total. The van der Waals surface area contributed by atoms with Crippen LogP contribution in [0.25, 0.3) is 0 Å². The molecule has 0 spiro atoms. The van der Waals surface area contributed by atoms with Gasteiger partial charge in [-0.1, -0.05) is 12.1 Å². The molecule has 162 valence electrons. The van der Waals surface area contributed by atoms with Crippen LogP contribution in [0.15, 0.2) is 36.2 Å². The number of ether oxygens (including phenoxy) is 2. The smallest absolute Gasteiger partial charge is 0.226 e. The van der Waals surface area contributed by atoms with E-state index in [-0.39, 0.29) is 29.9 Å². The van der Waals surface area contributed by atoms with Crippen LogP contribution in [-0.2, 0) is 14.9 Å². The maximum Gasteiger partial charge on any atom is 0.226 e. The van der Waals surface area contributed by atoms with Gasteiger partial charge in [-0.25, -0.2) is 4.39 Å². The minimum Gasteiger partial charge on any atom is -0.489 e. The lowest BCUT2D eigenvalue weighted by atomic mass is 9.51. The van der Waals surface area contributed by atoms with E-state index in [4.69, 9.17) is 15.2 Å². The van der Waals surface area contributed by atoms with E-state index in [2.05, 4.69) is 17.4 Å². The van der Waals surface area contributed by atoms with Crippen molar-refractivity contribution >= 4 is 5.91 Å². The van der Waals surface area contributed by atoms with Crippen LogP contribution >= 0.6 is 0 Å². The molecule has 4 aliphatic carbocycles. The molecule has 1 aromatic carbocycles. The Bertz CT molecular complexity index is 803. The topological polar surface area (TPSA) is 73.6 Å².